The Morgan fingerprint density at radius 3 is 2.88 bits per heavy atom. The lowest BCUT2D eigenvalue weighted by Crippen LogP contribution is -2.35. The average molecular weight is 476 g/mol. The molecule has 2 aromatic rings. The van der Waals surface area contributed by atoms with E-state index in [1.54, 1.807) is 6.07 Å². The van der Waals surface area contributed by atoms with E-state index in [1.165, 1.54) is 19.6 Å². The van der Waals surface area contributed by atoms with Crippen LogP contribution in [0.3, 0.4) is 0 Å². The molecule has 1 aromatic heterocycles. The van der Waals surface area contributed by atoms with Crippen LogP contribution in [0.4, 0.5) is 27.9 Å². The summed E-state index contributed by atoms with van der Waals surface area (Å²) < 4.78 is 19.8. The minimum Gasteiger partial charge on any atom is -0.494 e. The van der Waals surface area contributed by atoms with Crippen LogP contribution in [0.15, 0.2) is 18.2 Å². The Morgan fingerprint density at radius 2 is 2.09 bits per heavy atom. The number of rotatable bonds is 8. The minimum absolute atomic E-state index is 0.146. The number of thioether (sulfide) groups is 1. The summed E-state index contributed by atoms with van der Waals surface area (Å²) in [6.07, 6.45) is 5.39. The summed E-state index contributed by atoms with van der Waals surface area (Å²) in [7, 11) is 1.47. The van der Waals surface area contributed by atoms with Gasteiger partial charge in [-0.15, -0.1) is 0 Å². The molecule has 0 bridgehead atoms. The van der Waals surface area contributed by atoms with Crippen LogP contribution in [0.1, 0.15) is 39.0 Å². The molecule has 180 valence electrons. The van der Waals surface area contributed by atoms with Crippen LogP contribution in [-0.2, 0) is 0 Å². The first-order valence-corrected chi connectivity index (χ1v) is 12.9. The number of halogens is 1. The molecule has 2 aliphatic heterocycles. The maximum Gasteiger partial charge on any atom is 0.236 e. The van der Waals surface area contributed by atoms with E-state index in [4.69, 9.17) is 15.5 Å². The SMILES string of the molecule is CCN1CCCC1CNc1nc(N)nc(N(c2ccc(OC)c(F)c2)C2CCCSCC2)n1. The van der Waals surface area contributed by atoms with Crippen LogP contribution in [-0.4, -0.2) is 70.2 Å². The van der Waals surface area contributed by atoms with Gasteiger partial charge in [-0.25, -0.2) is 4.39 Å². The Labute approximate surface area is 199 Å². The molecule has 2 atom stereocenters. The van der Waals surface area contributed by atoms with E-state index in [9.17, 15) is 4.39 Å². The van der Waals surface area contributed by atoms with E-state index in [0.29, 0.717) is 23.6 Å². The second-order valence-electron chi connectivity index (χ2n) is 8.51. The molecular formula is C23H34FN7OS. The Bertz CT molecular complexity index is 926. The van der Waals surface area contributed by atoms with Gasteiger partial charge in [0.05, 0.1) is 7.11 Å². The lowest BCUT2D eigenvalue weighted by molar-refractivity contribution is 0.277. The van der Waals surface area contributed by atoms with E-state index < -0.39 is 5.82 Å². The van der Waals surface area contributed by atoms with Gasteiger partial charge in [-0.2, -0.15) is 26.7 Å². The van der Waals surface area contributed by atoms with Gasteiger partial charge in [0.15, 0.2) is 11.6 Å². The normalized spacial score (nSPS) is 21.5. The van der Waals surface area contributed by atoms with Crippen LogP contribution < -0.4 is 20.7 Å². The second-order valence-corrected chi connectivity index (χ2v) is 9.73. The number of aromatic nitrogens is 3. The number of likely N-dealkylation sites (tertiary alicyclic amines) is 1. The number of nitrogens with two attached hydrogens (primary N) is 1. The summed E-state index contributed by atoms with van der Waals surface area (Å²) in [4.78, 5) is 18.0. The smallest absolute Gasteiger partial charge is 0.236 e. The number of hydrogen-bond donors (Lipinski definition) is 2. The molecule has 33 heavy (non-hydrogen) atoms. The van der Waals surface area contributed by atoms with E-state index >= 15 is 0 Å². The zero-order valence-electron chi connectivity index (χ0n) is 19.5. The molecule has 1 aromatic carbocycles. The van der Waals surface area contributed by atoms with Crippen LogP contribution in [0.25, 0.3) is 0 Å². The highest BCUT2D eigenvalue weighted by molar-refractivity contribution is 7.99. The van der Waals surface area contributed by atoms with Gasteiger partial charge in [-0.05, 0) is 68.8 Å². The number of nitrogen functional groups attached to an aromatic ring is 1. The predicted molar refractivity (Wildman–Crippen MR) is 133 cm³/mol. The summed E-state index contributed by atoms with van der Waals surface area (Å²) in [6.45, 7) is 5.11. The minimum atomic E-state index is -0.413. The fraction of sp³-hybridized carbons (Fsp3) is 0.609. The molecule has 3 heterocycles. The summed E-state index contributed by atoms with van der Waals surface area (Å²) in [5, 5.41) is 3.37. The molecular weight excluding hydrogens is 441 g/mol. The zero-order valence-corrected chi connectivity index (χ0v) is 20.3. The van der Waals surface area contributed by atoms with Gasteiger partial charge >= 0.3 is 0 Å². The molecule has 0 radical (unpaired) electrons. The molecule has 3 N–H and O–H groups in total. The first kappa shape index (κ1) is 23.8. The van der Waals surface area contributed by atoms with Gasteiger partial charge in [-0.1, -0.05) is 6.92 Å². The third kappa shape index (κ3) is 5.78. The van der Waals surface area contributed by atoms with Gasteiger partial charge in [0.25, 0.3) is 0 Å². The number of benzene rings is 1. The van der Waals surface area contributed by atoms with Gasteiger partial charge in [-0.3, -0.25) is 4.90 Å². The lowest BCUT2D eigenvalue weighted by atomic mass is 10.1. The second kappa shape index (κ2) is 11.2. The quantitative estimate of drug-likeness (QED) is 0.589. The third-order valence-corrected chi connectivity index (χ3v) is 7.56. The summed E-state index contributed by atoms with van der Waals surface area (Å²) >= 11 is 1.95. The molecule has 0 saturated carbocycles. The summed E-state index contributed by atoms with van der Waals surface area (Å²) in [5.74, 6) is 3.04. The Kier molecular flexibility index (Phi) is 8.08. The number of methoxy groups -OCH3 is 1. The van der Waals surface area contributed by atoms with Crippen molar-refractivity contribution in [3.63, 3.8) is 0 Å². The monoisotopic (exact) mass is 475 g/mol. The van der Waals surface area contributed by atoms with Crippen LogP contribution >= 0.6 is 11.8 Å². The van der Waals surface area contributed by atoms with E-state index in [1.807, 2.05) is 22.7 Å². The fourth-order valence-electron chi connectivity index (χ4n) is 4.76. The van der Waals surface area contributed by atoms with Crippen molar-refractivity contribution in [3.05, 3.63) is 24.0 Å². The van der Waals surface area contributed by atoms with Crippen molar-refractivity contribution >= 4 is 35.3 Å². The topological polar surface area (TPSA) is 92.4 Å². The maximum atomic E-state index is 14.6. The van der Waals surface area contributed by atoms with Gasteiger partial charge in [0.1, 0.15) is 0 Å². The Balaban J connectivity index is 1.63. The number of anilines is 4. The van der Waals surface area contributed by atoms with E-state index in [-0.39, 0.29) is 17.7 Å². The molecule has 10 heteroatoms. The standard InChI is InChI=1S/C23H34FN7OS/c1-3-30-11-4-6-18(30)15-26-22-27-21(25)28-23(29-22)31(16-7-5-12-33-13-10-16)17-8-9-20(32-2)19(24)14-17/h8-9,14,16,18H,3-7,10-13,15H2,1-2H3,(H3,25,26,27,28,29). The van der Waals surface area contributed by atoms with Crippen molar-refractivity contribution < 1.29 is 9.13 Å². The number of nitrogens with zero attached hydrogens (tertiary/aromatic N) is 5. The van der Waals surface area contributed by atoms with E-state index in [0.717, 1.165) is 56.8 Å². The predicted octanol–water partition coefficient (Wildman–Crippen LogP) is 3.92. The molecule has 8 nitrogen and oxygen atoms in total. The first-order valence-electron chi connectivity index (χ1n) is 11.8. The molecule has 2 fully saturated rings. The molecule has 2 aliphatic rings. The molecule has 2 unspecified atom stereocenters. The third-order valence-electron chi connectivity index (χ3n) is 6.46. The highest BCUT2D eigenvalue weighted by atomic mass is 32.2. The maximum absolute atomic E-state index is 14.6. The van der Waals surface area contributed by atoms with Crippen molar-refractivity contribution in [2.75, 3.05) is 54.2 Å². The Hall–Kier alpha value is -2.33. The van der Waals surface area contributed by atoms with E-state index in [2.05, 4.69) is 27.1 Å². The highest BCUT2D eigenvalue weighted by Crippen LogP contribution is 2.34. The molecule has 0 amide bonds. The fourth-order valence-corrected chi connectivity index (χ4v) is 5.77. The van der Waals surface area contributed by atoms with Crippen molar-refractivity contribution in [3.8, 4) is 5.75 Å². The lowest BCUT2D eigenvalue weighted by Gasteiger charge is -2.31. The molecule has 2 saturated heterocycles. The first-order chi connectivity index (χ1) is 16.1. The van der Waals surface area contributed by atoms with Crippen molar-refractivity contribution in [2.45, 2.75) is 51.1 Å². The molecule has 4 rings (SSSR count). The van der Waals surface area contributed by atoms with Crippen molar-refractivity contribution in [1.82, 2.24) is 19.9 Å². The Morgan fingerprint density at radius 1 is 1.21 bits per heavy atom. The van der Waals surface area contributed by atoms with Crippen molar-refractivity contribution in [1.29, 1.82) is 0 Å². The average Bonchev–Trinajstić information content (AvgIpc) is 3.11. The summed E-state index contributed by atoms with van der Waals surface area (Å²) in [5.41, 5.74) is 6.80. The van der Waals surface area contributed by atoms with Crippen LogP contribution in [0.2, 0.25) is 0 Å². The highest BCUT2D eigenvalue weighted by Gasteiger charge is 2.27. The van der Waals surface area contributed by atoms with Gasteiger partial charge in [0, 0.05) is 30.4 Å². The van der Waals surface area contributed by atoms with Crippen LogP contribution in [0, 0.1) is 5.82 Å². The largest absolute Gasteiger partial charge is 0.494 e. The van der Waals surface area contributed by atoms with Gasteiger partial charge in [0.2, 0.25) is 17.8 Å². The van der Waals surface area contributed by atoms with Crippen molar-refractivity contribution in [2.24, 2.45) is 0 Å². The number of likely N-dealkylation sites (N-methyl/N-ethyl adjacent to an activating group) is 1. The van der Waals surface area contributed by atoms with Gasteiger partial charge < -0.3 is 20.7 Å². The number of ether oxygens (including phenoxy) is 1. The summed E-state index contributed by atoms with van der Waals surface area (Å²) in [6, 6.07) is 5.59. The molecule has 0 aliphatic carbocycles. The molecule has 0 spiro atoms. The number of nitrogens with one attached hydrogen (secondary N) is 1. The number of hydrogen-bond acceptors (Lipinski definition) is 9. The zero-order chi connectivity index (χ0) is 23.2. The van der Waals surface area contributed by atoms with Crippen LogP contribution in [0.5, 0.6) is 5.75 Å².